The van der Waals surface area contributed by atoms with Gasteiger partial charge in [0.05, 0.1) is 25.2 Å². The van der Waals surface area contributed by atoms with Crippen LogP contribution in [0.2, 0.25) is 0 Å². The van der Waals surface area contributed by atoms with Gasteiger partial charge < -0.3 is 20.3 Å². The van der Waals surface area contributed by atoms with Crippen molar-refractivity contribution in [3.05, 3.63) is 60.8 Å². The number of rotatable bonds is 43. The molecule has 0 fully saturated rings. The molecule has 0 bridgehead atoms. The van der Waals surface area contributed by atoms with Crippen LogP contribution >= 0.6 is 0 Å². The Labute approximate surface area is 358 Å². The van der Waals surface area contributed by atoms with Gasteiger partial charge in [0.1, 0.15) is 6.10 Å². The van der Waals surface area contributed by atoms with Crippen molar-refractivity contribution >= 4 is 11.9 Å². The van der Waals surface area contributed by atoms with Gasteiger partial charge in [-0.3, -0.25) is 9.59 Å². The summed E-state index contributed by atoms with van der Waals surface area (Å²) in [4.78, 5) is 26.1. The summed E-state index contributed by atoms with van der Waals surface area (Å²) in [5.74, 6) is -0.509. The molecule has 0 aromatic heterocycles. The minimum Gasteiger partial charge on any atom is -0.462 e. The number of hydrogen-bond acceptors (Lipinski definition) is 5. The standard InChI is InChI=1S/C52H93NO5/c1-4-7-10-13-16-19-22-24-25-27-30-33-36-39-42-45-52(57)58-48(43-40-37-34-31-29-26-23-20-17-14-11-8-5-2)46-51(56)53-49(47-54)50(55)44-41-38-35-32-28-21-18-15-12-9-6-3/h7,10,13,16-17,19-20,22-23,26,48-50,54-55H,4-6,8-9,11-12,14-15,18,21,24-25,27-47H2,1-3H3,(H,53,56)/b10-7+,16-13+,20-17+,22-19+,26-23+. The maximum atomic E-state index is 13.2. The lowest BCUT2D eigenvalue weighted by atomic mass is 10.0. The van der Waals surface area contributed by atoms with Crippen molar-refractivity contribution in [2.24, 2.45) is 0 Å². The first-order valence-electron chi connectivity index (χ1n) is 24.6. The molecule has 0 saturated heterocycles. The van der Waals surface area contributed by atoms with Crippen molar-refractivity contribution in [1.29, 1.82) is 0 Å². The molecule has 0 rings (SSSR count). The molecule has 3 atom stereocenters. The van der Waals surface area contributed by atoms with Crippen molar-refractivity contribution in [2.45, 2.75) is 251 Å². The van der Waals surface area contributed by atoms with Gasteiger partial charge >= 0.3 is 5.97 Å². The quantitative estimate of drug-likeness (QED) is 0.0324. The van der Waals surface area contributed by atoms with Crippen molar-refractivity contribution in [2.75, 3.05) is 6.61 Å². The lowest BCUT2D eigenvalue weighted by Gasteiger charge is -2.24. The second-order valence-electron chi connectivity index (χ2n) is 16.6. The molecule has 0 aliphatic rings. The van der Waals surface area contributed by atoms with Gasteiger partial charge in [-0.1, -0.05) is 210 Å². The van der Waals surface area contributed by atoms with Gasteiger partial charge in [0.25, 0.3) is 0 Å². The summed E-state index contributed by atoms with van der Waals surface area (Å²) in [6, 6.07) is -0.710. The highest BCUT2D eigenvalue weighted by atomic mass is 16.5. The monoisotopic (exact) mass is 812 g/mol. The van der Waals surface area contributed by atoms with Crippen LogP contribution in [-0.2, 0) is 14.3 Å². The number of carbonyl (C=O) groups excluding carboxylic acids is 2. The number of amides is 1. The molecule has 6 heteroatoms. The Morgan fingerprint density at radius 2 is 0.931 bits per heavy atom. The van der Waals surface area contributed by atoms with E-state index in [2.05, 4.69) is 86.8 Å². The topological polar surface area (TPSA) is 95.9 Å². The van der Waals surface area contributed by atoms with E-state index in [9.17, 15) is 19.8 Å². The molecule has 0 radical (unpaired) electrons. The molecule has 0 heterocycles. The van der Waals surface area contributed by atoms with E-state index in [1.807, 2.05) is 0 Å². The first kappa shape index (κ1) is 55.6. The number of hydrogen-bond donors (Lipinski definition) is 3. The summed E-state index contributed by atoms with van der Waals surface area (Å²) in [7, 11) is 0. The molecule has 0 aliphatic carbocycles. The number of nitrogens with one attached hydrogen (secondary N) is 1. The van der Waals surface area contributed by atoms with Crippen LogP contribution in [0.15, 0.2) is 60.8 Å². The molecule has 0 aliphatic heterocycles. The first-order chi connectivity index (χ1) is 28.5. The second-order valence-corrected chi connectivity index (χ2v) is 16.6. The molecule has 0 aromatic carbocycles. The highest BCUT2D eigenvalue weighted by Crippen LogP contribution is 2.17. The Hall–Kier alpha value is -2.44. The fourth-order valence-corrected chi connectivity index (χ4v) is 7.19. The van der Waals surface area contributed by atoms with E-state index in [1.54, 1.807) is 0 Å². The SMILES string of the molecule is CC/C=C/C=C/C=C/CCCCCCCCCC(=O)OC(CCCCCC/C=C/C=C/CCCCC)CC(=O)NC(CO)C(O)CCCCCCCCCCCCC. The second kappa shape index (κ2) is 45.6. The molecule has 3 unspecified atom stereocenters. The average Bonchev–Trinajstić information content (AvgIpc) is 3.22. The number of ether oxygens (including phenoxy) is 1. The summed E-state index contributed by atoms with van der Waals surface area (Å²) in [6.45, 7) is 6.30. The maximum Gasteiger partial charge on any atom is 0.306 e. The summed E-state index contributed by atoms with van der Waals surface area (Å²) in [5.41, 5.74) is 0. The van der Waals surface area contributed by atoms with Gasteiger partial charge in [-0.05, 0) is 70.6 Å². The molecular formula is C52H93NO5. The van der Waals surface area contributed by atoms with Crippen LogP contribution in [0.4, 0.5) is 0 Å². The lowest BCUT2D eigenvalue weighted by Crippen LogP contribution is -2.46. The van der Waals surface area contributed by atoms with Crippen molar-refractivity contribution in [1.82, 2.24) is 5.32 Å². The van der Waals surface area contributed by atoms with Crippen LogP contribution < -0.4 is 5.32 Å². The van der Waals surface area contributed by atoms with E-state index < -0.39 is 18.2 Å². The van der Waals surface area contributed by atoms with E-state index in [0.29, 0.717) is 19.3 Å². The maximum absolute atomic E-state index is 13.2. The molecule has 58 heavy (non-hydrogen) atoms. The van der Waals surface area contributed by atoms with Gasteiger partial charge in [0.15, 0.2) is 0 Å². The predicted octanol–water partition coefficient (Wildman–Crippen LogP) is 14.5. The van der Waals surface area contributed by atoms with E-state index in [1.165, 1.54) is 96.3 Å². The van der Waals surface area contributed by atoms with Gasteiger partial charge in [-0.2, -0.15) is 0 Å². The molecule has 1 amide bonds. The van der Waals surface area contributed by atoms with Crippen LogP contribution in [0.5, 0.6) is 0 Å². The van der Waals surface area contributed by atoms with Crippen LogP contribution in [-0.4, -0.2) is 46.9 Å². The van der Waals surface area contributed by atoms with Gasteiger partial charge in [0, 0.05) is 6.42 Å². The average molecular weight is 812 g/mol. The Balaban J connectivity index is 4.64. The minimum atomic E-state index is -0.795. The Kier molecular flexibility index (Phi) is 43.7. The Morgan fingerprint density at radius 3 is 1.45 bits per heavy atom. The fourth-order valence-electron chi connectivity index (χ4n) is 7.19. The lowest BCUT2D eigenvalue weighted by molar-refractivity contribution is -0.151. The number of aliphatic hydroxyl groups is 2. The molecule has 6 nitrogen and oxygen atoms in total. The summed E-state index contributed by atoms with van der Waals surface area (Å²) >= 11 is 0. The molecule has 336 valence electrons. The van der Waals surface area contributed by atoms with E-state index in [-0.39, 0.29) is 24.9 Å². The molecule has 0 saturated carbocycles. The highest BCUT2D eigenvalue weighted by molar-refractivity contribution is 5.77. The van der Waals surface area contributed by atoms with Gasteiger partial charge in [-0.25, -0.2) is 0 Å². The summed E-state index contributed by atoms with van der Waals surface area (Å²) in [5, 5.41) is 23.7. The largest absolute Gasteiger partial charge is 0.462 e. The number of unbranched alkanes of at least 4 members (excludes halogenated alkanes) is 24. The third-order valence-electron chi connectivity index (χ3n) is 10.9. The smallest absolute Gasteiger partial charge is 0.306 e. The zero-order chi connectivity index (χ0) is 42.4. The van der Waals surface area contributed by atoms with Crippen molar-refractivity contribution in [3.8, 4) is 0 Å². The number of allylic oxidation sites excluding steroid dienone is 10. The molecule has 0 spiro atoms. The van der Waals surface area contributed by atoms with E-state index in [4.69, 9.17) is 4.74 Å². The normalized spacial score (nSPS) is 13.8. The first-order valence-corrected chi connectivity index (χ1v) is 24.6. The zero-order valence-corrected chi connectivity index (χ0v) is 38.2. The summed E-state index contributed by atoms with van der Waals surface area (Å²) in [6.07, 6.45) is 55.6. The van der Waals surface area contributed by atoms with Gasteiger partial charge in [0.2, 0.25) is 5.91 Å². The van der Waals surface area contributed by atoms with Crippen molar-refractivity contribution in [3.63, 3.8) is 0 Å². The van der Waals surface area contributed by atoms with Crippen LogP contribution in [0.3, 0.4) is 0 Å². The molecule has 0 aromatic rings. The zero-order valence-electron chi connectivity index (χ0n) is 38.2. The van der Waals surface area contributed by atoms with Crippen LogP contribution in [0, 0.1) is 0 Å². The Bertz CT molecular complexity index is 1050. The molecule has 3 N–H and O–H groups in total. The minimum absolute atomic E-state index is 0.0577. The number of esters is 1. The predicted molar refractivity (Wildman–Crippen MR) is 250 cm³/mol. The fraction of sp³-hybridized carbons (Fsp3) is 0.769. The molecular weight excluding hydrogens is 719 g/mol. The number of carbonyl (C=O) groups is 2. The Morgan fingerprint density at radius 1 is 0.517 bits per heavy atom. The van der Waals surface area contributed by atoms with Crippen molar-refractivity contribution < 1.29 is 24.5 Å². The number of aliphatic hydroxyl groups excluding tert-OH is 2. The third kappa shape index (κ3) is 40.3. The van der Waals surface area contributed by atoms with E-state index in [0.717, 1.165) is 89.9 Å². The van der Waals surface area contributed by atoms with E-state index >= 15 is 0 Å². The third-order valence-corrected chi connectivity index (χ3v) is 10.9. The summed E-state index contributed by atoms with van der Waals surface area (Å²) < 4.78 is 5.91. The highest BCUT2D eigenvalue weighted by Gasteiger charge is 2.24. The van der Waals surface area contributed by atoms with Gasteiger partial charge in [-0.15, -0.1) is 0 Å². The van der Waals surface area contributed by atoms with Crippen LogP contribution in [0.25, 0.3) is 0 Å². The van der Waals surface area contributed by atoms with Crippen LogP contribution in [0.1, 0.15) is 233 Å².